The van der Waals surface area contributed by atoms with Crippen molar-refractivity contribution in [2.24, 2.45) is 0 Å². The Bertz CT molecular complexity index is 722. The molecule has 0 fully saturated rings. The van der Waals surface area contributed by atoms with Crippen molar-refractivity contribution in [1.29, 1.82) is 0 Å². The van der Waals surface area contributed by atoms with Gasteiger partial charge in [0.1, 0.15) is 10.6 Å². The third-order valence-corrected chi connectivity index (χ3v) is 4.68. The molecule has 0 saturated heterocycles. The van der Waals surface area contributed by atoms with Crippen molar-refractivity contribution < 1.29 is 4.79 Å². The molecule has 2 aromatic heterocycles. The minimum absolute atomic E-state index is 0.189. The van der Waals surface area contributed by atoms with E-state index in [0.717, 1.165) is 26.6 Å². The first-order chi connectivity index (χ1) is 9.74. The number of aromatic nitrogens is 2. The van der Waals surface area contributed by atoms with Gasteiger partial charge in [0.2, 0.25) is 0 Å². The van der Waals surface area contributed by atoms with Crippen molar-refractivity contribution in [3.05, 3.63) is 51.1 Å². The maximum absolute atomic E-state index is 12.3. The van der Waals surface area contributed by atoms with E-state index in [1.54, 1.807) is 0 Å². The molecule has 1 amide bonds. The molecule has 100 valence electrons. The highest BCUT2D eigenvalue weighted by atomic mass is 79.9. The molecule has 1 aromatic carbocycles. The maximum Gasteiger partial charge on any atom is 0.269 e. The van der Waals surface area contributed by atoms with E-state index in [4.69, 9.17) is 0 Å². The second-order valence-corrected chi connectivity index (χ2v) is 6.51. The molecule has 0 bridgehead atoms. The van der Waals surface area contributed by atoms with Gasteiger partial charge in [0.15, 0.2) is 0 Å². The summed E-state index contributed by atoms with van der Waals surface area (Å²) in [5.74, 6) is -0.189. The second-order valence-electron chi connectivity index (χ2n) is 3.89. The van der Waals surface area contributed by atoms with Crippen molar-refractivity contribution in [2.75, 3.05) is 5.32 Å². The van der Waals surface area contributed by atoms with Gasteiger partial charge in [0, 0.05) is 10.2 Å². The third kappa shape index (κ3) is 2.79. The van der Waals surface area contributed by atoms with Gasteiger partial charge in [-0.1, -0.05) is 26.5 Å². The van der Waals surface area contributed by atoms with Gasteiger partial charge in [-0.2, -0.15) is 0 Å². The van der Waals surface area contributed by atoms with Gasteiger partial charge >= 0.3 is 0 Å². The Morgan fingerprint density at radius 3 is 2.70 bits per heavy atom. The third-order valence-electron chi connectivity index (χ3n) is 2.55. The molecule has 0 saturated carbocycles. The predicted octanol–water partition coefficient (Wildman–Crippen LogP) is 4.28. The molecule has 0 aliphatic rings. The van der Waals surface area contributed by atoms with Gasteiger partial charge in [-0.05, 0) is 47.2 Å². The van der Waals surface area contributed by atoms with Crippen molar-refractivity contribution >= 4 is 50.4 Å². The number of hydrogen-bond acceptors (Lipinski definition) is 5. The SMILES string of the molecule is O=C(Nc1ccc(Br)cc1)c1snnc1-c1cccs1. The average Bonchev–Trinajstić information content (AvgIpc) is 3.11. The smallest absolute Gasteiger partial charge is 0.269 e. The molecule has 4 nitrogen and oxygen atoms in total. The van der Waals surface area contributed by atoms with Crippen LogP contribution < -0.4 is 5.32 Å². The van der Waals surface area contributed by atoms with Gasteiger partial charge in [-0.3, -0.25) is 4.79 Å². The highest BCUT2D eigenvalue weighted by Gasteiger charge is 2.18. The van der Waals surface area contributed by atoms with Crippen LogP contribution in [0.4, 0.5) is 5.69 Å². The number of anilines is 1. The van der Waals surface area contributed by atoms with Gasteiger partial charge in [-0.15, -0.1) is 16.4 Å². The van der Waals surface area contributed by atoms with Crippen LogP contribution in [0.15, 0.2) is 46.3 Å². The first-order valence-corrected chi connectivity index (χ1v) is 8.12. The molecule has 0 radical (unpaired) electrons. The number of hydrogen-bond donors (Lipinski definition) is 1. The van der Waals surface area contributed by atoms with Crippen LogP contribution in [0, 0.1) is 0 Å². The van der Waals surface area contributed by atoms with Gasteiger partial charge < -0.3 is 5.32 Å². The van der Waals surface area contributed by atoms with Crippen LogP contribution in [0.2, 0.25) is 0 Å². The summed E-state index contributed by atoms with van der Waals surface area (Å²) in [6.07, 6.45) is 0. The normalized spacial score (nSPS) is 10.4. The number of carbonyl (C=O) groups excluding carboxylic acids is 1. The minimum atomic E-state index is -0.189. The minimum Gasteiger partial charge on any atom is -0.321 e. The number of nitrogens with one attached hydrogen (secondary N) is 1. The van der Waals surface area contributed by atoms with Crippen LogP contribution in [0.25, 0.3) is 10.6 Å². The van der Waals surface area contributed by atoms with Crippen molar-refractivity contribution in [3.63, 3.8) is 0 Å². The van der Waals surface area contributed by atoms with Crippen LogP contribution in [0.5, 0.6) is 0 Å². The van der Waals surface area contributed by atoms with Gasteiger partial charge in [0.25, 0.3) is 5.91 Å². The molecule has 3 rings (SSSR count). The topological polar surface area (TPSA) is 54.9 Å². The lowest BCUT2D eigenvalue weighted by molar-refractivity contribution is 0.103. The monoisotopic (exact) mass is 365 g/mol. The Kier molecular flexibility index (Phi) is 3.90. The molecule has 20 heavy (non-hydrogen) atoms. The zero-order valence-electron chi connectivity index (χ0n) is 10.0. The highest BCUT2D eigenvalue weighted by Crippen LogP contribution is 2.28. The van der Waals surface area contributed by atoms with E-state index in [2.05, 4.69) is 30.8 Å². The fourth-order valence-corrected chi connectivity index (χ4v) is 3.25. The van der Waals surface area contributed by atoms with Crippen molar-refractivity contribution in [2.45, 2.75) is 0 Å². The second kappa shape index (κ2) is 5.82. The Labute approximate surface area is 131 Å². The number of carbonyl (C=O) groups is 1. The molecule has 2 heterocycles. The quantitative estimate of drug-likeness (QED) is 0.753. The number of amides is 1. The van der Waals surface area contributed by atoms with Crippen molar-refractivity contribution in [1.82, 2.24) is 9.59 Å². The van der Waals surface area contributed by atoms with E-state index in [1.165, 1.54) is 11.3 Å². The summed E-state index contributed by atoms with van der Waals surface area (Å²) in [4.78, 5) is 13.8. The van der Waals surface area contributed by atoms with Gasteiger partial charge in [-0.25, -0.2) is 0 Å². The first-order valence-electron chi connectivity index (χ1n) is 5.67. The number of halogens is 1. The Morgan fingerprint density at radius 1 is 1.20 bits per heavy atom. The first kappa shape index (κ1) is 13.4. The van der Waals surface area contributed by atoms with E-state index in [1.807, 2.05) is 41.8 Å². The number of nitrogens with zero attached hydrogens (tertiary/aromatic N) is 2. The lowest BCUT2D eigenvalue weighted by atomic mass is 10.2. The molecule has 0 aliphatic heterocycles. The lowest BCUT2D eigenvalue weighted by Gasteiger charge is -2.04. The highest BCUT2D eigenvalue weighted by molar-refractivity contribution is 9.10. The summed E-state index contributed by atoms with van der Waals surface area (Å²) < 4.78 is 4.85. The summed E-state index contributed by atoms with van der Waals surface area (Å²) in [5.41, 5.74) is 1.38. The van der Waals surface area contributed by atoms with E-state index in [-0.39, 0.29) is 5.91 Å². The summed E-state index contributed by atoms with van der Waals surface area (Å²) in [6, 6.07) is 11.3. The molecule has 7 heteroatoms. The number of benzene rings is 1. The number of thiophene rings is 1. The zero-order chi connectivity index (χ0) is 13.9. The fourth-order valence-electron chi connectivity index (χ4n) is 1.64. The Hall–Kier alpha value is -1.57. The largest absolute Gasteiger partial charge is 0.321 e. The number of rotatable bonds is 3. The zero-order valence-corrected chi connectivity index (χ0v) is 13.3. The van der Waals surface area contributed by atoms with Crippen LogP contribution in [-0.4, -0.2) is 15.5 Å². The standard InChI is InChI=1S/C13H8BrN3OS2/c14-8-3-5-9(6-4-8)15-13(18)12-11(16-17-20-12)10-2-1-7-19-10/h1-7H,(H,15,18). The molecular formula is C13H8BrN3OS2. The molecule has 1 N–H and O–H groups in total. The fraction of sp³-hybridized carbons (Fsp3) is 0. The summed E-state index contributed by atoms with van der Waals surface area (Å²) >= 11 is 6.00. The van der Waals surface area contributed by atoms with E-state index in [0.29, 0.717) is 10.6 Å². The van der Waals surface area contributed by atoms with Gasteiger partial charge in [0.05, 0.1) is 4.88 Å². The van der Waals surface area contributed by atoms with E-state index < -0.39 is 0 Å². The molecule has 0 spiro atoms. The molecule has 0 unspecified atom stereocenters. The lowest BCUT2D eigenvalue weighted by Crippen LogP contribution is -2.11. The van der Waals surface area contributed by atoms with Crippen LogP contribution in [0.1, 0.15) is 9.67 Å². The predicted molar refractivity (Wildman–Crippen MR) is 85.3 cm³/mol. The van der Waals surface area contributed by atoms with E-state index >= 15 is 0 Å². The maximum atomic E-state index is 12.3. The van der Waals surface area contributed by atoms with Crippen LogP contribution in [-0.2, 0) is 0 Å². The summed E-state index contributed by atoms with van der Waals surface area (Å²) in [6.45, 7) is 0. The summed E-state index contributed by atoms with van der Waals surface area (Å²) in [5, 5.41) is 8.84. The summed E-state index contributed by atoms with van der Waals surface area (Å²) in [7, 11) is 0. The average molecular weight is 366 g/mol. The Morgan fingerprint density at radius 2 is 2.00 bits per heavy atom. The van der Waals surface area contributed by atoms with Crippen molar-refractivity contribution in [3.8, 4) is 10.6 Å². The molecular weight excluding hydrogens is 358 g/mol. The molecule has 0 atom stereocenters. The van der Waals surface area contributed by atoms with E-state index in [9.17, 15) is 4.79 Å². The van der Waals surface area contributed by atoms with Crippen LogP contribution >= 0.6 is 38.8 Å². The van der Waals surface area contributed by atoms with Crippen LogP contribution in [0.3, 0.4) is 0 Å². The Balaban J connectivity index is 1.85. The molecule has 3 aromatic rings. The molecule has 0 aliphatic carbocycles.